The van der Waals surface area contributed by atoms with E-state index >= 15 is 0 Å². The minimum absolute atomic E-state index is 0.264. The van der Waals surface area contributed by atoms with Gasteiger partial charge in [0, 0.05) is 11.1 Å². The lowest BCUT2D eigenvalue weighted by Gasteiger charge is -2.21. The molecule has 0 radical (unpaired) electrons. The van der Waals surface area contributed by atoms with Crippen LogP contribution in [0, 0.1) is 0 Å². The molecule has 1 aromatic rings. The highest BCUT2D eigenvalue weighted by Crippen LogP contribution is 2.44. The fourth-order valence-corrected chi connectivity index (χ4v) is 5.44. The number of hydrogen-bond acceptors (Lipinski definition) is 4. The summed E-state index contributed by atoms with van der Waals surface area (Å²) in [6, 6.07) is 0. The van der Waals surface area contributed by atoms with Gasteiger partial charge in [-0.2, -0.15) is 0 Å². The smallest absolute Gasteiger partial charge is 0.343 e. The minimum atomic E-state index is -1.25. The molecule has 0 bridgehead atoms. The lowest BCUT2D eigenvalue weighted by molar-refractivity contribution is 0.0687. The van der Waals surface area contributed by atoms with Crippen molar-refractivity contribution in [2.45, 2.75) is 168 Å². The molecule has 1 aromatic carbocycles. The molecule has 0 saturated heterocycles. The summed E-state index contributed by atoms with van der Waals surface area (Å²) in [5.74, 6) is -1.77. The first-order valence-corrected chi connectivity index (χ1v) is 16.4. The number of hydrogen-bond donors (Lipinski definition) is 3. The second kappa shape index (κ2) is 22.9. The second-order valence-corrected chi connectivity index (χ2v) is 11.4. The van der Waals surface area contributed by atoms with Gasteiger partial charge >= 0.3 is 5.97 Å². The highest BCUT2D eigenvalue weighted by molar-refractivity contribution is 5.96. The van der Waals surface area contributed by atoms with Crippen molar-refractivity contribution in [1.82, 2.24) is 0 Å². The molecule has 0 spiro atoms. The molecule has 0 unspecified atom stereocenters. The molecule has 0 aliphatic rings. The normalized spacial score (nSPS) is 11.3. The van der Waals surface area contributed by atoms with E-state index in [0.717, 1.165) is 63.4 Å². The summed E-state index contributed by atoms with van der Waals surface area (Å²) in [6.07, 6.45) is 25.6. The van der Waals surface area contributed by atoms with Crippen molar-refractivity contribution in [3.05, 3.63) is 16.7 Å². The van der Waals surface area contributed by atoms with Crippen LogP contribution < -0.4 is 4.74 Å². The maximum absolute atomic E-state index is 12.2. The lowest BCUT2D eigenvalue weighted by atomic mass is 9.91. The van der Waals surface area contributed by atoms with Gasteiger partial charge in [0.05, 0.1) is 6.61 Å². The molecule has 1 rings (SSSR count). The highest BCUT2D eigenvalue weighted by Gasteiger charge is 2.28. The average molecular weight is 549 g/mol. The van der Waals surface area contributed by atoms with E-state index in [2.05, 4.69) is 20.8 Å². The first-order chi connectivity index (χ1) is 19.0. The van der Waals surface area contributed by atoms with Crippen LogP contribution in [0.1, 0.15) is 177 Å². The first kappa shape index (κ1) is 35.1. The summed E-state index contributed by atoms with van der Waals surface area (Å²) in [5.41, 5.74) is 1.20. The number of aromatic carboxylic acids is 1. The molecule has 0 amide bonds. The zero-order valence-corrected chi connectivity index (χ0v) is 25.6. The molecule has 3 N–H and O–H groups in total. The van der Waals surface area contributed by atoms with Crippen molar-refractivity contribution in [2.24, 2.45) is 0 Å². The van der Waals surface area contributed by atoms with Crippen molar-refractivity contribution in [1.29, 1.82) is 0 Å². The van der Waals surface area contributed by atoms with Gasteiger partial charge in [-0.3, -0.25) is 0 Å². The topological polar surface area (TPSA) is 87.0 Å². The van der Waals surface area contributed by atoms with Crippen LogP contribution >= 0.6 is 0 Å². The van der Waals surface area contributed by atoms with Crippen molar-refractivity contribution >= 4 is 5.97 Å². The van der Waals surface area contributed by atoms with Crippen LogP contribution in [-0.2, 0) is 12.8 Å². The fourth-order valence-electron chi connectivity index (χ4n) is 5.44. The first-order valence-electron chi connectivity index (χ1n) is 16.4. The maximum Gasteiger partial charge on any atom is 0.343 e. The zero-order chi connectivity index (χ0) is 28.7. The van der Waals surface area contributed by atoms with Gasteiger partial charge in [-0.25, -0.2) is 4.79 Å². The fraction of sp³-hybridized carbons (Fsp3) is 0.794. The van der Waals surface area contributed by atoms with Gasteiger partial charge in [-0.05, 0) is 32.1 Å². The molecule has 0 heterocycles. The number of rotatable bonds is 26. The molecular formula is C34H60O5. The Morgan fingerprint density at radius 3 is 1.36 bits per heavy atom. The van der Waals surface area contributed by atoms with Gasteiger partial charge in [0.15, 0.2) is 11.5 Å². The minimum Gasteiger partial charge on any atom is -0.504 e. The standard InChI is InChI=1S/C34H60O5/c1-4-7-10-13-16-19-22-25-28-29(26-23-20-17-14-11-8-5-2)33(30(34(37)38)32(36)31(28)35)39-27-24-21-18-15-12-9-6-3/h35-36H,4-27H2,1-3H3,(H,37,38). The van der Waals surface area contributed by atoms with Crippen LogP contribution in [0.4, 0.5) is 0 Å². The van der Waals surface area contributed by atoms with E-state index in [0.29, 0.717) is 25.0 Å². The number of carbonyl (C=O) groups is 1. The molecule has 226 valence electrons. The second-order valence-electron chi connectivity index (χ2n) is 11.4. The van der Waals surface area contributed by atoms with E-state index in [4.69, 9.17) is 4.74 Å². The van der Waals surface area contributed by atoms with Gasteiger partial charge in [-0.15, -0.1) is 0 Å². The molecule has 0 saturated carbocycles. The van der Waals surface area contributed by atoms with Crippen LogP contribution in [0.25, 0.3) is 0 Å². The molecule has 5 heteroatoms. The zero-order valence-electron chi connectivity index (χ0n) is 25.6. The highest BCUT2D eigenvalue weighted by atomic mass is 16.5. The van der Waals surface area contributed by atoms with Crippen LogP contribution in [0.2, 0.25) is 0 Å². The van der Waals surface area contributed by atoms with Gasteiger partial charge in [0.2, 0.25) is 0 Å². The van der Waals surface area contributed by atoms with Crippen LogP contribution in [0.5, 0.6) is 17.2 Å². The number of ether oxygens (including phenoxy) is 1. The van der Waals surface area contributed by atoms with E-state index in [1.165, 1.54) is 77.0 Å². The molecule has 5 nitrogen and oxygen atoms in total. The van der Waals surface area contributed by atoms with Crippen molar-refractivity contribution in [3.8, 4) is 17.2 Å². The van der Waals surface area contributed by atoms with Gasteiger partial charge in [0.1, 0.15) is 11.3 Å². The predicted molar refractivity (Wildman–Crippen MR) is 164 cm³/mol. The number of benzene rings is 1. The van der Waals surface area contributed by atoms with E-state index in [1.54, 1.807) is 0 Å². The molecular weight excluding hydrogens is 488 g/mol. The molecule has 0 aliphatic carbocycles. The third kappa shape index (κ3) is 14.3. The summed E-state index contributed by atoms with van der Waals surface area (Å²) in [5, 5.41) is 31.7. The maximum atomic E-state index is 12.2. The van der Waals surface area contributed by atoms with E-state index in [-0.39, 0.29) is 17.1 Å². The Kier molecular flexibility index (Phi) is 20.6. The van der Waals surface area contributed by atoms with Crippen LogP contribution in [0.3, 0.4) is 0 Å². The Balaban J connectivity index is 2.99. The summed E-state index contributed by atoms with van der Waals surface area (Å²) in [7, 11) is 0. The molecule has 0 aliphatic heterocycles. The Hall–Kier alpha value is -1.91. The lowest BCUT2D eigenvalue weighted by Crippen LogP contribution is -2.11. The number of carboxylic acids is 1. The monoisotopic (exact) mass is 548 g/mol. The molecule has 0 aromatic heterocycles. The average Bonchev–Trinajstić information content (AvgIpc) is 2.92. The number of phenols is 2. The number of unbranched alkanes of at least 4 members (excludes halogenated alkanes) is 18. The van der Waals surface area contributed by atoms with E-state index < -0.39 is 11.7 Å². The molecule has 0 fully saturated rings. The Morgan fingerprint density at radius 2 is 0.923 bits per heavy atom. The van der Waals surface area contributed by atoms with Gasteiger partial charge < -0.3 is 20.1 Å². The summed E-state index contributed by atoms with van der Waals surface area (Å²) >= 11 is 0. The van der Waals surface area contributed by atoms with Crippen LogP contribution in [-0.4, -0.2) is 27.9 Å². The SMILES string of the molecule is CCCCCCCCCOc1c(CCCCCCCCC)c(CCCCCCCCC)c(O)c(O)c1C(=O)O. The Bertz CT molecular complexity index is 774. The number of aromatic hydroxyl groups is 2. The van der Waals surface area contributed by atoms with Crippen LogP contribution in [0.15, 0.2) is 0 Å². The summed E-state index contributed by atoms with van der Waals surface area (Å²) in [6.45, 7) is 7.08. The Morgan fingerprint density at radius 1 is 0.538 bits per heavy atom. The third-order valence-electron chi connectivity index (χ3n) is 7.88. The van der Waals surface area contributed by atoms with Crippen molar-refractivity contribution in [2.75, 3.05) is 6.61 Å². The molecule has 39 heavy (non-hydrogen) atoms. The molecule has 0 atom stereocenters. The largest absolute Gasteiger partial charge is 0.504 e. The predicted octanol–water partition coefficient (Wildman–Crippen LogP) is 10.5. The third-order valence-corrected chi connectivity index (χ3v) is 7.88. The van der Waals surface area contributed by atoms with Gasteiger partial charge in [0.25, 0.3) is 0 Å². The quantitative estimate of drug-likeness (QED) is 0.0791. The summed E-state index contributed by atoms with van der Waals surface area (Å²) in [4.78, 5) is 12.2. The van der Waals surface area contributed by atoms with E-state index in [9.17, 15) is 20.1 Å². The van der Waals surface area contributed by atoms with Gasteiger partial charge in [-0.1, -0.05) is 136 Å². The van der Waals surface area contributed by atoms with Crippen molar-refractivity contribution in [3.63, 3.8) is 0 Å². The Labute approximate surface area is 239 Å². The number of carboxylic acid groups (broad SMARTS) is 1. The summed E-state index contributed by atoms with van der Waals surface area (Å²) < 4.78 is 6.16. The number of phenolic OH excluding ortho intramolecular Hbond substituents is 1. The van der Waals surface area contributed by atoms with Crippen molar-refractivity contribution < 1.29 is 24.9 Å². The van der Waals surface area contributed by atoms with E-state index in [1.807, 2.05) is 0 Å².